The van der Waals surface area contributed by atoms with Crippen molar-refractivity contribution < 1.29 is 14.6 Å². The summed E-state index contributed by atoms with van der Waals surface area (Å²) in [6.45, 7) is 1.60. The maximum absolute atomic E-state index is 11.7. The Balaban J connectivity index is 2.86. The van der Waals surface area contributed by atoms with E-state index >= 15 is 0 Å². The summed E-state index contributed by atoms with van der Waals surface area (Å²) in [7, 11) is 1.51. The summed E-state index contributed by atoms with van der Waals surface area (Å²) in [5.41, 5.74) is 6.50. The number of amides is 1. The van der Waals surface area contributed by atoms with Crippen molar-refractivity contribution in [3.8, 4) is 5.75 Å². The molecular formula is C11H16N2O3. The van der Waals surface area contributed by atoms with E-state index in [-0.39, 0.29) is 18.6 Å². The van der Waals surface area contributed by atoms with Crippen molar-refractivity contribution in [2.24, 2.45) is 0 Å². The third kappa shape index (κ3) is 3.13. The molecule has 0 aliphatic heterocycles. The molecule has 1 unspecified atom stereocenters. The highest BCUT2D eigenvalue weighted by Crippen LogP contribution is 2.18. The lowest BCUT2D eigenvalue weighted by atomic mass is 10.1. The van der Waals surface area contributed by atoms with Crippen molar-refractivity contribution in [2.75, 3.05) is 19.5 Å². The van der Waals surface area contributed by atoms with E-state index in [1.165, 1.54) is 7.11 Å². The van der Waals surface area contributed by atoms with E-state index in [9.17, 15) is 4.79 Å². The Morgan fingerprint density at radius 2 is 2.25 bits per heavy atom. The van der Waals surface area contributed by atoms with E-state index in [2.05, 4.69) is 5.32 Å². The first kappa shape index (κ1) is 12.3. The molecule has 1 aromatic rings. The fraction of sp³-hybridized carbons (Fsp3) is 0.364. The Kier molecular flexibility index (Phi) is 4.13. The number of carbonyl (C=O) groups excluding carboxylic acids is 1. The molecule has 0 saturated heterocycles. The molecule has 1 rings (SSSR count). The minimum atomic E-state index is -0.292. The van der Waals surface area contributed by atoms with Crippen LogP contribution in [0.15, 0.2) is 18.2 Å². The number of nitrogens with one attached hydrogen (secondary N) is 1. The summed E-state index contributed by atoms with van der Waals surface area (Å²) in [5.74, 6) is 0.244. The number of rotatable bonds is 4. The van der Waals surface area contributed by atoms with Gasteiger partial charge in [-0.1, -0.05) is 0 Å². The van der Waals surface area contributed by atoms with Gasteiger partial charge in [-0.3, -0.25) is 4.79 Å². The Labute approximate surface area is 94.2 Å². The van der Waals surface area contributed by atoms with Crippen LogP contribution in [0.2, 0.25) is 0 Å². The van der Waals surface area contributed by atoms with Gasteiger partial charge < -0.3 is 20.9 Å². The molecule has 0 heterocycles. The molecule has 0 aliphatic carbocycles. The highest BCUT2D eigenvalue weighted by molar-refractivity contribution is 5.95. The van der Waals surface area contributed by atoms with Crippen LogP contribution in [0.4, 0.5) is 5.69 Å². The third-order valence-corrected chi connectivity index (χ3v) is 2.08. The molecule has 0 spiro atoms. The van der Waals surface area contributed by atoms with Crippen LogP contribution in [0.3, 0.4) is 0 Å². The molecule has 5 heteroatoms. The SMILES string of the molecule is COc1cc(N)cc(C(=O)NC(C)CO)c1. The average molecular weight is 224 g/mol. The number of anilines is 1. The van der Waals surface area contributed by atoms with E-state index in [1.807, 2.05) is 0 Å². The van der Waals surface area contributed by atoms with E-state index in [0.29, 0.717) is 17.0 Å². The number of hydrogen-bond donors (Lipinski definition) is 3. The van der Waals surface area contributed by atoms with Gasteiger partial charge >= 0.3 is 0 Å². The number of nitrogens with two attached hydrogens (primary N) is 1. The predicted octanol–water partition coefficient (Wildman–Crippen LogP) is 0.388. The van der Waals surface area contributed by atoms with Crippen LogP contribution in [-0.2, 0) is 0 Å². The normalized spacial score (nSPS) is 11.9. The molecule has 0 saturated carbocycles. The molecule has 1 aromatic carbocycles. The molecule has 4 N–H and O–H groups in total. The first-order chi connectivity index (χ1) is 7.56. The lowest BCUT2D eigenvalue weighted by molar-refractivity contribution is 0.0922. The standard InChI is InChI=1S/C11H16N2O3/c1-7(6-14)13-11(15)8-3-9(12)5-10(4-8)16-2/h3-5,7,14H,6,12H2,1-2H3,(H,13,15). The minimum Gasteiger partial charge on any atom is -0.497 e. The Hall–Kier alpha value is -1.75. The van der Waals surface area contributed by atoms with Crippen LogP contribution in [-0.4, -0.2) is 30.8 Å². The summed E-state index contributed by atoms with van der Waals surface area (Å²) >= 11 is 0. The van der Waals surface area contributed by atoms with Gasteiger partial charge in [-0.15, -0.1) is 0 Å². The molecule has 0 bridgehead atoms. The lowest BCUT2D eigenvalue weighted by Gasteiger charge is -2.11. The number of methoxy groups -OCH3 is 1. The lowest BCUT2D eigenvalue weighted by Crippen LogP contribution is -2.35. The zero-order chi connectivity index (χ0) is 12.1. The first-order valence-corrected chi connectivity index (χ1v) is 4.93. The maximum Gasteiger partial charge on any atom is 0.251 e. The molecule has 16 heavy (non-hydrogen) atoms. The van der Waals surface area contributed by atoms with Crippen LogP contribution < -0.4 is 15.8 Å². The highest BCUT2D eigenvalue weighted by atomic mass is 16.5. The molecule has 0 radical (unpaired) electrons. The van der Waals surface area contributed by atoms with E-state index < -0.39 is 0 Å². The Morgan fingerprint density at radius 1 is 1.56 bits per heavy atom. The largest absolute Gasteiger partial charge is 0.497 e. The Morgan fingerprint density at radius 3 is 2.81 bits per heavy atom. The van der Waals surface area contributed by atoms with Gasteiger partial charge in [0.05, 0.1) is 13.7 Å². The molecule has 1 amide bonds. The molecule has 0 aliphatic rings. The summed E-state index contributed by atoms with van der Waals surface area (Å²) in [6, 6.07) is 4.49. The van der Waals surface area contributed by atoms with Gasteiger partial charge in [-0.2, -0.15) is 0 Å². The van der Waals surface area contributed by atoms with Crippen molar-refractivity contribution in [3.05, 3.63) is 23.8 Å². The molecular weight excluding hydrogens is 208 g/mol. The summed E-state index contributed by atoms with van der Waals surface area (Å²) < 4.78 is 5.01. The zero-order valence-electron chi connectivity index (χ0n) is 9.36. The van der Waals surface area contributed by atoms with Crippen LogP contribution in [0.5, 0.6) is 5.75 Å². The number of nitrogen functional groups attached to an aromatic ring is 1. The van der Waals surface area contributed by atoms with Gasteiger partial charge in [0.25, 0.3) is 5.91 Å². The second kappa shape index (κ2) is 5.37. The monoisotopic (exact) mass is 224 g/mol. The predicted molar refractivity (Wildman–Crippen MR) is 61.4 cm³/mol. The summed E-state index contributed by atoms with van der Waals surface area (Å²) in [6.07, 6.45) is 0. The van der Waals surface area contributed by atoms with E-state index in [0.717, 1.165) is 0 Å². The van der Waals surface area contributed by atoms with Crippen molar-refractivity contribution in [1.82, 2.24) is 5.32 Å². The van der Waals surface area contributed by atoms with Crippen LogP contribution >= 0.6 is 0 Å². The van der Waals surface area contributed by atoms with Crippen molar-refractivity contribution >= 4 is 11.6 Å². The second-order valence-electron chi connectivity index (χ2n) is 3.55. The number of ether oxygens (including phenoxy) is 1. The van der Waals surface area contributed by atoms with Crippen molar-refractivity contribution in [1.29, 1.82) is 0 Å². The summed E-state index contributed by atoms with van der Waals surface area (Å²) in [4.78, 5) is 11.7. The van der Waals surface area contributed by atoms with Gasteiger partial charge in [0.2, 0.25) is 0 Å². The number of benzene rings is 1. The number of hydrogen-bond acceptors (Lipinski definition) is 4. The van der Waals surface area contributed by atoms with E-state index in [1.54, 1.807) is 25.1 Å². The van der Waals surface area contributed by atoms with Gasteiger partial charge in [0, 0.05) is 23.4 Å². The fourth-order valence-electron chi connectivity index (χ4n) is 1.22. The molecule has 0 fully saturated rings. The Bertz CT molecular complexity index is 379. The maximum atomic E-state index is 11.7. The first-order valence-electron chi connectivity index (χ1n) is 4.93. The fourth-order valence-corrected chi connectivity index (χ4v) is 1.22. The van der Waals surface area contributed by atoms with Gasteiger partial charge in [0.15, 0.2) is 0 Å². The van der Waals surface area contributed by atoms with Crippen LogP contribution in [0.1, 0.15) is 17.3 Å². The van der Waals surface area contributed by atoms with Crippen LogP contribution in [0, 0.1) is 0 Å². The van der Waals surface area contributed by atoms with E-state index in [4.69, 9.17) is 15.6 Å². The number of aliphatic hydroxyl groups is 1. The summed E-state index contributed by atoms with van der Waals surface area (Å²) in [5, 5.41) is 11.4. The minimum absolute atomic E-state index is 0.106. The third-order valence-electron chi connectivity index (χ3n) is 2.08. The average Bonchev–Trinajstić information content (AvgIpc) is 2.27. The molecule has 88 valence electrons. The van der Waals surface area contributed by atoms with Crippen molar-refractivity contribution in [3.63, 3.8) is 0 Å². The quantitative estimate of drug-likeness (QED) is 0.646. The number of aliphatic hydroxyl groups excluding tert-OH is 1. The topological polar surface area (TPSA) is 84.6 Å². The van der Waals surface area contributed by atoms with Gasteiger partial charge in [0.1, 0.15) is 5.75 Å². The smallest absolute Gasteiger partial charge is 0.251 e. The van der Waals surface area contributed by atoms with Crippen LogP contribution in [0.25, 0.3) is 0 Å². The molecule has 5 nitrogen and oxygen atoms in total. The van der Waals surface area contributed by atoms with Crippen molar-refractivity contribution in [2.45, 2.75) is 13.0 Å². The zero-order valence-corrected chi connectivity index (χ0v) is 9.36. The highest BCUT2D eigenvalue weighted by Gasteiger charge is 2.10. The number of carbonyl (C=O) groups is 1. The molecule has 0 aromatic heterocycles. The van der Waals surface area contributed by atoms with Gasteiger partial charge in [-0.25, -0.2) is 0 Å². The second-order valence-corrected chi connectivity index (χ2v) is 3.55. The van der Waals surface area contributed by atoms with Gasteiger partial charge in [-0.05, 0) is 19.1 Å². The molecule has 1 atom stereocenters.